The molecule has 2 heterocycles. The quantitative estimate of drug-likeness (QED) is 0.800. The van der Waals surface area contributed by atoms with E-state index < -0.39 is 0 Å². The molecule has 0 saturated heterocycles. The Morgan fingerprint density at radius 2 is 1.75 bits per heavy atom. The predicted molar refractivity (Wildman–Crippen MR) is 75.5 cm³/mol. The Labute approximate surface area is 122 Å². The van der Waals surface area contributed by atoms with E-state index in [1.807, 2.05) is 30.3 Å². The molecule has 0 bridgehead atoms. The van der Waals surface area contributed by atoms with Crippen LogP contribution in [-0.4, -0.2) is 13.4 Å². The monoisotopic (exact) mass is 288 g/mol. The van der Waals surface area contributed by atoms with Gasteiger partial charge in [0.05, 0.1) is 6.61 Å². The van der Waals surface area contributed by atoms with Crippen molar-refractivity contribution in [2.45, 2.75) is 12.5 Å². The third kappa shape index (κ3) is 1.94. The summed E-state index contributed by atoms with van der Waals surface area (Å²) in [6.45, 7) is 1.00. The number of benzene rings is 2. The molecule has 2 aromatic rings. The molecule has 4 rings (SSSR count). The van der Waals surface area contributed by atoms with Crippen molar-refractivity contribution in [1.82, 2.24) is 0 Å². The molecule has 0 saturated carbocycles. The zero-order valence-corrected chi connectivity index (χ0v) is 11.5. The van der Waals surface area contributed by atoms with Crippen LogP contribution >= 0.6 is 11.6 Å². The molecule has 1 atom stereocenters. The first kappa shape index (κ1) is 12.1. The van der Waals surface area contributed by atoms with Gasteiger partial charge < -0.3 is 14.2 Å². The molecular weight excluding hydrogens is 276 g/mol. The third-order valence-corrected chi connectivity index (χ3v) is 4.00. The normalized spacial score (nSPS) is 19.8. The van der Waals surface area contributed by atoms with Gasteiger partial charge in [0.25, 0.3) is 0 Å². The average molecular weight is 289 g/mol. The van der Waals surface area contributed by atoms with Crippen LogP contribution in [0.3, 0.4) is 0 Å². The summed E-state index contributed by atoms with van der Waals surface area (Å²) in [6.07, 6.45) is 0.835. The van der Waals surface area contributed by atoms with Crippen molar-refractivity contribution in [3.05, 3.63) is 58.1 Å². The maximum Gasteiger partial charge on any atom is 0.231 e. The third-order valence-electron chi connectivity index (χ3n) is 3.75. The Morgan fingerprint density at radius 3 is 2.55 bits per heavy atom. The van der Waals surface area contributed by atoms with Crippen molar-refractivity contribution < 1.29 is 14.2 Å². The lowest BCUT2D eigenvalue weighted by Gasteiger charge is -2.26. The van der Waals surface area contributed by atoms with Gasteiger partial charge in [0.1, 0.15) is 6.10 Å². The van der Waals surface area contributed by atoms with Crippen molar-refractivity contribution in [3.63, 3.8) is 0 Å². The smallest absolute Gasteiger partial charge is 0.231 e. The second kappa shape index (κ2) is 4.69. The second-order valence-electron chi connectivity index (χ2n) is 4.96. The number of hydrogen-bond acceptors (Lipinski definition) is 3. The van der Waals surface area contributed by atoms with Gasteiger partial charge in [-0.2, -0.15) is 0 Å². The Bertz CT molecular complexity index is 652. The molecule has 102 valence electrons. The molecule has 0 radical (unpaired) electrons. The average Bonchev–Trinajstić information content (AvgIpc) is 2.92. The Hall–Kier alpha value is -1.71. The number of ether oxygens (including phenoxy) is 3. The molecule has 1 unspecified atom stereocenters. The van der Waals surface area contributed by atoms with E-state index in [9.17, 15) is 0 Å². The van der Waals surface area contributed by atoms with Gasteiger partial charge in [-0.3, -0.25) is 0 Å². The number of hydrogen-bond donors (Lipinski definition) is 0. The van der Waals surface area contributed by atoms with E-state index in [-0.39, 0.29) is 6.10 Å². The van der Waals surface area contributed by atoms with Gasteiger partial charge in [0.2, 0.25) is 6.79 Å². The standard InChI is InChI=1S/C16H13ClO3/c17-12-3-1-10(2-4-12)16-13-8-15-14(19-9-20-15)7-11(13)5-6-18-16/h1-4,7-8,16H,5-6,9H2. The highest BCUT2D eigenvalue weighted by molar-refractivity contribution is 6.30. The van der Waals surface area contributed by atoms with Gasteiger partial charge in [0.15, 0.2) is 11.5 Å². The van der Waals surface area contributed by atoms with Gasteiger partial charge in [-0.25, -0.2) is 0 Å². The summed E-state index contributed by atoms with van der Waals surface area (Å²) in [4.78, 5) is 0. The van der Waals surface area contributed by atoms with Crippen LogP contribution in [0.1, 0.15) is 22.8 Å². The molecule has 3 nitrogen and oxygen atoms in total. The molecule has 0 aromatic heterocycles. The fraction of sp³-hybridized carbons (Fsp3) is 0.250. The minimum atomic E-state index is -0.0643. The van der Waals surface area contributed by atoms with Crippen molar-refractivity contribution in [2.24, 2.45) is 0 Å². The van der Waals surface area contributed by atoms with Crippen molar-refractivity contribution in [3.8, 4) is 11.5 Å². The lowest BCUT2D eigenvalue weighted by atomic mass is 9.92. The molecule has 0 N–H and O–H groups in total. The lowest BCUT2D eigenvalue weighted by Crippen LogP contribution is -2.17. The highest BCUT2D eigenvalue weighted by atomic mass is 35.5. The highest BCUT2D eigenvalue weighted by Gasteiger charge is 2.26. The SMILES string of the molecule is Clc1ccc(C2OCCc3cc4c(cc32)OCO4)cc1. The van der Waals surface area contributed by atoms with Crippen LogP contribution in [0.2, 0.25) is 5.02 Å². The molecule has 0 fully saturated rings. The first-order chi connectivity index (χ1) is 9.81. The number of rotatable bonds is 1. The predicted octanol–water partition coefficient (Wildman–Crippen LogP) is 3.73. The van der Waals surface area contributed by atoms with Crippen LogP contribution in [0.15, 0.2) is 36.4 Å². The van der Waals surface area contributed by atoms with E-state index in [4.69, 9.17) is 25.8 Å². The van der Waals surface area contributed by atoms with Crippen LogP contribution in [-0.2, 0) is 11.2 Å². The summed E-state index contributed by atoms with van der Waals surface area (Å²) in [5, 5.41) is 0.732. The van der Waals surface area contributed by atoms with Crippen LogP contribution in [0.4, 0.5) is 0 Å². The van der Waals surface area contributed by atoms with E-state index in [0.717, 1.165) is 34.1 Å². The Balaban J connectivity index is 1.79. The summed E-state index contributed by atoms with van der Waals surface area (Å²) in [5.74, 6) is 1.63. The molecule has 0 amide bonds. The van der Waals surface area contributed by atoms with Gasteiger partial charge >= 0.3 is 0 Å². The van der Waals surface area contributed by atoms with E-state index in [1.165, 1.54) is 5.56 Å². The first-order valence-corrected chi connectivity index (χ1v) is 6.98. The molecule has 0 spiro atoms. The lowest BCUT2D eigenvalue weighted by molar-refractivity contribution is 0.0697. The van der Waals surface area contributed by atoms with Crippen molar-refractivity contribution in [1.29, 1.82) is 0 Å². The number of fused-ring (bicyclic) bond motifs is 2. The summed E-state index contributed by atoms with van der Waals surface area (Å²) in [6, 6.07) is 11.9. The first-order valence-electron chi connectivity index (χ1n) is 6.61. The summed E-state index contributed by atoms with van der Waals surface area (Å²) in [7, 11) is 0. The topological polar surface area (TPSA) is 27.7 Å². The molecular formula is C16H13ClO3. The van der Waals surface area contributed by atoms with E-state index >= 15 is 0 Å². The zero-order valence-electron chi connectivity index (χ0n) is 10.8. The largest absolute Gasteiger partial charge is 0.454 e. The highest BCUT2D eigenvalue weighted by Crippen LogP contribution is 2.41. The summed E-state index contributed by atoms with van der Waals surface area (Å²) < 4.78 is 16.9. The summed E-state index contributed by atoms with van der Waals surface area (Å²) in [5.41, 5.74) is 3.53. The molecule has 4 heteroatoms. The molecule has 20 heavy (non-hydrogen) atoms. The van der Waals surface area contributed by atoms with Gasteiger partial charge in [-0.1, -0.05) is 23.7 Å². The summed E-state index contributed by atoms with van der Waals surface area (Å²) >= 11 is 5.95. The van der Waals surface area contributed by atoms with Gasteiger partial charge in [0, 0.05) is 5.02 Å². The number of halogens is 1. The maximum atomic E-state index is 5.95. The maximum absolute atomic E-state index is 5.95. The molecule has 0 aliphatic carbocycles. The van der Waals surface area contributed by atoms with E-state index in [2.05, 4.69) is 6.07 Å². The molecule has 2 aliphatic heterocycles. The van der Waals surface area contributed by atoms with Crippen LogP contribution in [0, 0.1) is 0 Å². The fourth-order valence-electron chi connectivity index (χ4n) is 2.75. The Morgan fingerprint density at radius 1 is 1.00 bits per heavy atom. The fourth-order valence-corrected chi connectivity index (χ4v) is 2.88. The van der Waals surface area contributed by atoms with E-state index in [0.29, 0.717) is 13.4 Å². The second-order valence-corrected chi connectivity index (χ2v) is 5.39. The molecule has 2 aliphatic rings. The van der Waals surface area contributed by atoms with Crippen molar-refractivity contribution in [2.75, 3.05) is 13.4 Å². The minimum absolute atomic E-state index is 0.0643. The minimum Gasteiger partial charge on any atom is -0.454 e. The van der Waals surface area contributed by atoms with Crippen LogP contribution in [0.25, 0.3) is 0 Å². The Kier molecular flexibility index (Phi) is 2.83. The van der Waals surface area contributed by atoms with Crippen molar-refractivity contribution >= 4 is 11.6 Å². The van der Waals surface area contributed by atoms with E-state index in [1.54, 1.807) is 0 Å². The molecule has 2 aromatic carbocycles. The van der Waals surface area contributed by atoms with Gasteiger partial charge in [-0.15, -0.1) is 0 Å². The van der Waals surface area contributed by atoms with Gasteiger partial charge in [-0.05, 0) is 47.4 Å². The van der Waals surface area contributed by atoms with Crippen LogP contribution < -0.4 is 9.47 Å². The zero-order chi connectivity index (χ0) is 13.5. The van der Waals surface area contributed by atoms with Crippen LogP contribution in [0.5, 0.6) is 11.5 Å².